The van der Waals surface area contributed by atoms with Crippen molar-refractivity contribution in [2.24, 2.45) is 0 Å². The molecule has 1 N–H and O–H groups in total. The summed E-state index contributed by atoms with van der Waals surface area (Å²) in [5.41, 5.74) is 3.06. The summed E-state index contributed by atoms with van der Waals surface area (Å²) in [4.78, 5) is 17.4. The van der Waals surface area contributed by atoms with Gasteiger partial charge in [0.2, 0.25) is 0 Å². The maximum absolute atomic E-state index is 11.5. The van der Waals surface area contributed by atoms with Crippen molar-refractivity contribution in [2.75, 3.05) is 13.3 Å². The molecule has 0 bridgehead atoms. The summed E-state index contributed by atoms with van der Waals surface area (Å²) in [7, 11) is 1.77. The van der Waals surface area contributed by atoms with E-state index in [1.807, 2.05) is 32.2 Å². The Morgan fingerprint density at radius 1 is 1.44 bits per heavy atom. The second-order valence-electron chi connectivity index (χ2n) is 3.73. The molecule has 0 radical (unpaired) electrons. The first-order valence-electron chi connectivity index (χ1n) is 5.01. The Morgan fingerprint density at radius 2 is 2.00 bits per heavy atom. The predicted molar refractivity (Wildman–Crippen MR) is 67.2 cm³/mol. The quantitative estimate of drug-likeness (QED) is 0.822. The smallest absolute Gasteiger partial charge is 0.323 e. The topological polar surface area (TPSA) is 45.2 Å². The van der Waals surface area contributed by atoms with Crippen LogP contribution < -0.4 is 4.72 Å². The molecule has 0 fully saturated rings. The van der Waals surface area contributed by atoms with Crippen molar-refractivity contribution >= 4 is 18.0 Å². The molecule has 0 aliphatic rings. The molecule has 1 aromatic rings. The number of urea groups is 1. The molecule has 0 unspecified atom stereocenters. The Hall–Kier alpha value is -1.23. The highest BCUT2D eigenvalue weighted by molar-refractivity contribution is 7.97. The number of rotatable bonds is 3. The van der Waals surface area contributed by atoms with Crippen LogP contribution in [-0.2, 0) is 6.54 Å². The van der Waals surface area contributed by atoms with Crippen LogP contribution in [0.15, 0.2) is 12.1 Å². The zero-order valence-electron chi connectivity index (χ0n) is 10.1. The molecule has 0 aromatic carbocycles. The van der Waals surface area contributed by atoms with E-state index in [0.717, 1.165) is 17.0 Å². The van der Waals surface area contributed by atoms with Gasteiger partial charge in [0.15, 0.2) is 0 Å². The zero-order chi connectivity index (χ0) is 12.1. The second kappa shape index (κ2) is 5.75. The summed E-state index contributed by atoms with van der Waals surface area (Å²) in [5, 5.41) is 0. The van der Waals surface area contributed by atoms with Crippen LogP contribution >= 0.6 is 11.9 Å². The van der Waals surface area contributed by atoms with Gasteiger partial charge in [-0.1, -0.05) is 11.9 Å². The summed E-state index contributed by atoms with van der Waals surface area (Å²) >= 11 is 1.30. The van der Waals surface area contributed by atoms with Crippen molar-refractivity contribution in [3.63, 3.8) is 0 Å². The van der Waals surface area contributed by atoms with E-state index in [9.17, 15) is 4.79 Å². The van der Waals surface area contributed by atoms with Crippen LogP contribution in [0.2, 0.25) is 0 Å². The van der Waals surface area contributed by atoms with E-state index >= 15 is 0 Å². The van der Waals surface area contributed by atoms with E-state index in [2.05, 4.69) is 9.71 Å². The van der Waals surface area contributed by atoms with Gasteiger partial charge in [-0.25, -0.2) is 4.79 Å². The van der Waals surface area contributed by atoms with Gasteiger partial charge in [0, 0.05) is 31.2 Å². The maximum atomic E-state index is 11.5. The fourth-order valence-corrected chi connectivity index (χ4v) is 1.85. The van der Waals surface area contributed by atoms with Gasteiger partial charge in [-0.3, -0.25) is 9.71 Å². The summed E-state index contributed by atoms with van der Waals surface area (Å²) in [5.74, 6) is 0. The number of carbonyl (C=O) groups excluding carboxylic acids is 1. The molecule has 4 nitrogen and oxygen atoms in total. The number of nitrogens with one attached hydrogen (secondary N) is 1. The van der Waals surface area contributed by atoms with Crippen molar-refractivity contribution in [1.82, 2.24) is 14.6 Å². The van der Waals surface area contributed by atoms with E-state index in [0.29, 0.717) is 6.54 Å². The molecule has 16 heavy (non-hydrogen) atoms. The number of hydrogen-bond donors (Lipinski definition) is 1. The highest BCUT2D eigenvalue weighted by Crippen LogP contribution is 2.07. The number of hydrogen-bond acceptors (Lipinski definition) is 3. The van der Waals surface area contributed by atoms with E-state index in [1.165, 1.54) is 11.9 Å². The fourth-order valence-electron chi connectivity index (χ4n) is 1.52. The Bertz CT molecular complexity index is 361. The van der Waals surface area contributed by atoms with Crippen molar-refractivity contribution in [1.29, 1.82) is 0 Å². The molecule has 88 valence electrons. The third-order valence-corrected chi connectivity index (χ3v) is 2.48. The van der Waals surface area contributed by atoms with Crippen molar-refractivity contribution in [3.8, 4) is 0 Å². The Labute approximate surface area is 101 Å². The van der Waals surface area contributed by atoms with Crippen molar-refractivity contribution in [3.05, 3.63) is 29.1 Å². The number of nitrogens with zero attached hydrogens (tertiary/aromatic N) is 2. The summed E-state index contributed by atoms with van der Waals surface area (Å²) in [6.07, 6.45) is 1.83. The Morgan fingerprint density at radius 3 is 2.50 bits per heavy atom. The zero-order valence-corrected chi connectivity index (χ0v) is 10.9. The van der Waals surface area contributed by atoms with Gasteiger partial charge in [-0.05, 0) is 31.5 Å². The predicted octanol–water partition coefficient (Wildman–Crippen LogP) is 2.12. The maximum Gasteiger partial charge on any atom is 0.327 e. The Kier molecular flexibility index (Phi) is 4.61. The SMILES string of the molecule is CSNC(=O)N(C)Cc1cc(C)nc(C)c1. The molecule has 0 saturated heterocycles. The highest BCUT2D eigenvalue weighted by Gasteiger charge is 2.08. The van der Waals surface area contributed by atoms with E-state index in [-0.39, 0.29) is 6.03 Å². The van der Waals surface area contributed by atoms with Crippen LogP contribution in [0, 0.1) is 13.8 Å². The largest absolute Gasteiger partial charge is 0.327 e. The van der Waals surface area contributed by atoms with Crippen LogP contribution in [0.5, 0.6) is 0 Å². The minimum atomic E-state index is -0.0837. The van der Waals surface area contributed by atoms with Gasteiger partial charge < -0.3 is 4.90 Å². The van der Waals surface area contributed by atoms with Crippen molar-refractivity contribution in [2.45, 2.75) is 20.4 Å². The summed E-state index contributed by atoms with van der Waals surface area (Å²) in [6.45, 7) is 4.51. The molecule has 0 aliphatic carbocycles. The molecule has 0 saturated carbocycles. The lowest BCUT2D eigenvalue weighted by molar-refractivity contribution is 0.213. The van der Waals surface area contributed by atoms with Gasteiger partial charge in [0.25, 0.3) is 0 Å². The first-order chi connectivity index (χ1) is 7.52. The standard InChI is InChI=1S/C11H17N3OS/c1-8-5-10(6-9(2)12-8)7-14(3)11(15)13-16-4/h5-6H,7H2,1-4H3,(H,13,15). The molecule has 5 heteroatoms. The van der Waals surface area contributed by atoms with Gasteiger partial charge >= 0.3 is 6.03 Å². The van der Waals surface area contributed by atoms with Gasteiger partial charge in [-0.2, -0.15) is 0 Å². The fraction of sp³-hybridized carbons (Fsp3) is 0.455. The lowest BCUT2D eigenvalue weighted by Gasteiger charge is -2.17. The molecule has 1 heterocycles. The molecule has 1 rings (SSSR count). The number of aryl methyl sites for hydroxylation is 2. The second-order valence-corrected chi connectivity index (χ2v) is 4.34. The monoisotopic (exact) mass is 239 g/mol. The van der Waals surface area contributed by atoms with Gasteiger partial charge in [0.1, 0.15) is 0 Å². The number of aromatic nitrogens is 1. The van der Waals surface area contributed by atoms with Gasteiger partial charge in [0.05, 0.1) is 0 Å². The highest BCUT2D eigenvalue weighted by atomic mass is 32.2. The molecule has 0 spiro atoms. The molecular weight excluding hydrogens is 222 g/mol. The summed E-state index contributed by atoms with van der Waals surface area (Å²) < 4.78 is 2.68. The van der Waals surface area contributed by atoms with Crippen LogP contribution in [0.3, 0.4) is 0 Å². The van der Waals surface area contributed by atoms with Gasteiger partial charge in [-0.15, -0.1) is 0 Å². The number of pyridine rings is 1. The van der Waals surface area contributed by atoms with E-state index in [4.69, 9.17) is 0 Å². The summed E-state index contributed by atoms with van der Waals surface area (Å²) in [6, 6.07) is 3.91. The third-order valence-electron chi connectivity index (χ3n) is 2.10. The normalized spacial score (nSPS) is 10.0. The van der Waals surface area contributed by atoms with Crippen LogP contribution in [0.25, 0.3) is 0 Å². The first kappa shape index (κ1) is 12.8. The van der Waals surface area contributed by atoms with E-state index in [1.54, 1.807) is 11.9 Å². The molecule has 0 atom stereocenters. The lowest BCUT2D eigenvalue weighted by Crippen LogP contribution is -2.32. The first-order valence-corrected chi connectivity index (χ1v) is 6.23. The molecule has 0 aliphatic heterocycles. The molecular formula is C11H17N3OS. The van der Waals surface area contributed by atoms with Crippen LogP contribution in [0.4, 0.5) is 4.79 Å². The minimum absolute atomic E-state index is 0.0837. The average Bonchev–Trinajstić information content (AvgIpc) is 2.16. The average molecular weight is 239 g/mol. The Balaban J connectivity index is 2.69. The number of carbonyl (C=O) groups is 1. The van der Waals surface area contributed by atoms with Crippen molar-refractivity contribution < 1.29 is 4.79 Å². The lowest BCUT2D eigenvalue weighted by atomic mass is 10.2. The third kappa shape index (κ3) is 3.73. The molecule has 1 aromatic heterocycles. The van der Waals surface area contributed by atoms with E-state index < -0.39 is 0 Å². The van der Waals surface area contributed by atoms with Crippen LogP contribution in [0.1, 0.15) is 17.0 Å². The van der Waals surface area contributed by atoms with Crippen LogP contribution in [-0.4, -0.2) is 29.2 Å². The number of amides is 2. The minimum Gasteiger partial charge on any atom is -0.323 e. The molecule has 2 amide bonds.